The number of hydrogen-bond acceptors (Lipinski definition) is 5. The molecule has 2 fully saturated rings. The maximum atomic E-state index is 15.3. The predicted octanol–water partition coefficient (Wildman–Crippen LogP) is 3.15. The van der Waals surface area contributed by atoms with Crippen molar-refractivity contribution in [2.45, 2.75) is 25.8 Å². The van der Waals surface area contributed by atoms with Gasteiger partial charge in [0.25, 0.3) is 5.91 Å². The molecule has 2 aliphatic rings. The van der Waals surface area contributed by atoms with Crippen LogP contribution in [0.15, 0.2) is 47.4 Å². The fourth-order valence-electron chi connectivity index (χ4n) is 4.69. The largest absolute Gasteiger partial charge is 0.395 e. The second kappa shape index (κ2) is 9.19. The molecular weight excluding hydrogens is 435 g/mol. The highest BCUT2D eigenvalue weighted by molar-refractivity contribution is 6.06. The molecule has 5 rings (SSSR count). The number of halogens is 1. The lowest BCUT2D eigenvalue weighted by molar-refractivity contribution is 0.102. The zero-order valence-corrected chi connectivity index (χ0v) is 19.3. The predicted molar refractivity (Wildman–Crippen MR) is 131 cm³/mol. The van der Waals surface area contributed by atoms with Gasteiger partial charge in [0.05, 0.1) is 17.8 Å². The van der Waals surface area contributed by atoms with E-state index in [1.807, 2.05) is 34.6 Å². The Balaban J connectivity index is 1.51. The van der Waals surface area contributed by atoms with E-state index in [1.54, 1.807) is 18.3 Å². The summed E-state index contributed by atoms with van der Waals surface area (Å²) in [6, 6.07) is 10.6. The second-order valence-electron chi connectivity index (χ2n) is 9.21. The summed E-state index contributed by atoms with van der Waals surface area (Å²) < 4.78 is 17.2. The van der Waals surface area contributed by atoms with Crippen molar-refractivity contribution in [1.82, 2.24) is 9.47 Å². The van der Waals surface area contributed by atoms with Crippen LogP contribution in [0, 0.1) is 12.7 Å². The maximum absolute atomic E-state index is 15.3. The van der Waals surface area contributed by atoms with E-state index in [2.05, 4.69) is 10.2 Å². The van der Waals surface area contributed by atoms with Crippen LogP contribution < -0.4 is 15.6 Å². The molecule has 3 aromatic rings. The number of aliphatic hydroxyl groups is 1. The Labute approximate surface area is 197 Å². The second-order valence-corrected chi connectivity index (χ2v) is 9.21. The van der Waals surface area contributed by atoms with Gasteiger partial charge in [-0.15, -0.1) is 0 Å². The van der Waals surface area contributed by atoms with Crippen molar-refractivity contribution in [2.24, 2.45) is 0 Å². The first-order valence-electron chi connectivity index (χ1n) is 11.8. The van der Waals surface area contributed by atoms with Crippen molar-refractivity contribution < 1.29 is 14.3 Å². The van der Waals surface area contributed by atoms with E-state index in [4.69, 9.17) is 5.11 Å². The number of benzene rings is 2. The number of aryl methyl sites for hydroxylation is 1. The highest BCUT2D eigenvalue weighted by atomic mass is 19.1. The first-order valence-corrected chi connectivity index (χ1v) is 11.8. The molecule has 0 atom stereocenters. The van der Waals surface area contributed by atoms with Crippen LogP contribution in [-0.4, -0.2) is 59.8 Å². The van der Waals surface area contributed by atoms with Crippen LogP contribution in [0.1, 0.15) is 34.8 Å². The van der Waals surface area contributed by atoms with E-state index in [9.17, 15) is 9.59 Å². The molecule has 1 aliphatic carbocycles. The fourth-order valence-corrected chi connectivity index (χ4v) is 4.69. The highest BCUT2D eigenvalue weighted by Crippen LogP contribution is 2.38. The van der Waals surface area contributed by atoms with E-state index in [0.717, 1.165) is 31.5 Å². The molecule has 2 aromatic carbocycles. The molecule has 1 aliphatic heterocycles. The molecule has 1 aromatic heterocycles. The average Bonchev–Trinajstić information content (AvgIpc) is 3.65. The van der Waals surface area contributed by atoms with Gasteiger partial charge in [-0.3, -0.25) is 14.5 Å². The van der Waals surface area contributed by atoms with Gasteiger partial charge in [0.2, 0.25) is 5.43 Å². The van der Waals surface area contributed by atoms with Gasteiger partial charge < -0.3 is 19.9 Å². The first kappa shape index (κ1) is 22.6. The number of carbonyl (C=O) groups is 1. The van der Waals surface area contributed by atoms with Gasteiger partial charge in [0, 0.05) is 56.0 Å². The van der Waals surface area contributed by atoms with Crippen molar-refractivity contribution >= 4 is 28.2 Å². The number of anilines is 2. The van der Waals surface area contributed by atoms with E-state index in [-0.39, 0.29) is 23.6 Å². The van der Waals surface area contributed by atoms with Crippen molar-refractivity contribution in [3.63, 3.8) is 0 Å². The summed E-state index contributed by atoms with van der Waals surface area (Å²) in [5.74, 6) is -0.949. The molecule has 1 saturated heterocycles. The molecule has 1 amide bonds. The number of pyridine rings is 1. The number of nitrogens with one attached hydrogen (secondary N) is 1. The van der Waals surface area contributed by atoms with Gasteiger partial charge in [-0.1, -0.05) is 12.1 Å². The molecule has 2 heterocycles. The lowest BCUT2D eigenvalue weighted by atomic mass is 10.1. The summed E-state index contributed by atoms with van der Waals surface area (Å²) in [6.45, 7) is 5.43. The number of fused-ring (bicyclic) bond motifs is 1. The van der Waals surface area contributed by atoms with E-state index in [0.29, 0.717) is 36.5 Å². The minimum Gasteiger partial charge on any atom is -0.395 e. The molecule has 34 heavy (non-hydrogen) atoms. The number of piperazine rings is 1. The normalized spacial score (nSPS) is 16.7. The van der Waals surface area contributed by atoms with Crippen LogP contribution in [0.3, 0.4) is 0 Å². The fraction of sp³-hybridized carbons (Fsp3) is 0.385. The Hall–Kier alpha value is -3.23. The number of rotatable bonds is 6. The highest BCUT2D eigenvalue weighted by Gasteiger charge is 2.28. The van der Waals surface area contributed by atoms with Crippen LogP contribution in [-0.2, 0) is 0 Å². The van der Waals surface area contributed by atoms with Gasteiger partial charge in [-0.05, 0) is 49.6 Å². The summed E-state index contributed by atoms with van der Waals surface area (Å²) in [4.78, 5) is 30.4. The Kier molecular flexibility index (Phi) is 6.10. The van der Waals surface area contributed by atoms with E-state index in [1.165, 1.54) is 6.07 Å². The molecule has 0 unspecified atom stereocenters. The van der Waals surface area contributed by atoms with Crippen molar-refractivity contribution in [1.29, 1.82) is 0 Å². The minimum atomic E-state index is -0.489. The van der Waals surface area contributed by atoms with Crippen molar-refractivity contribution in [2.75, 3.05) is 49.5 Å². The van der Waals surface area contributed by atoms with E-state index < -0.39 is 17.2 Å². The molecule has 178 valence electrons. The number of amides is 1. The molecular formula is C26H29FN4O3. The average molecular weight is 465 g/mol. The topological polar surface area (TPSA) is 77.8 Å². The first-order chi connectivity index (χ1) is 16.4. The van der Waals surface area contributed by atoms with Gasteiger partial charge in [0.15, 0.2) is 0 Å². The minimum absolute atomic E-state index is 0.0191. The third kappa shape index (κ3) is 4.43. The molecule has 2 N–H and O–H groups in total. The molecule has 7 nitrogen and oxygen atoms in total. The molecule has 0 radical (unpaired) electrons. The zero-order chi connectivity index (χ0) is 23.8. The Bertz CT molecular complexity index is 1290. The van der Waals surface area contributed by atoms with Crippen LogP contribution in [0.25, 0.3) is 10.9 Å². The summed E-state index contributed by atoms with van der Waals surface area (Å²) in [6.07, 6.45) is 3.56. The summed E-state index contributed by atoms with van der Waals surface area (Å²) in [5, 5.41) is 12.2. The molecule has 0 spiro atoms. The number of aromatic nitrogens is 1. The van der Waals surface area contributed by atoms with Crippen LogP contribution in [0.4, 0.5) is 15.8 Å². The van der Waals surface area contributed by atoms with Crippen LogP contribution in [0.2, 0.25) is 0 Å². The lowest BCUT2D eigenvalue weighted by Gasteiger charge is -2.36. The van der Waals surface area contributed by atoms with Crippen molar-refractivity contribution in [3.8, 4) is 0 Å². The Morgan fingerprint density at radius 2 is 1.91 bits per heavy atom. The standard InChI is InChI=1S/C26H29FN4O3/c1-17-3-2-4-18(13-17)28-26(34)21-16-31(19-5-6-19)23-15-24(22(27)14-20(23)25(21)33)30-9-7-29(8-10-30)11-12-32/h2-4,13-16,19,32H,5-12H2,1H3,(H,28,34). The number of β-amino-alcohol motifs (C(OH)–C–C–N with tert-alkyl or cyclic N) is 1. The zero-order valence-electron chi connectivity index (χ0n) is 19.3. The van der Waals surface area contributed by atoms with Gasteiger partial charge in [-0.25, -0.2) is 4.39 Å². The van der Waals surface area contributed by atoms with E-state index >= 15 is 4.39 Å². The number of carbonyl (C=O) groups excluding carboxylic acids is 1. The van der Waals surface area contributed by atoms with Crippen LogP contribution >= 0.6 is 0 Å². The smallest absolute Gasteiger partial charge is 0.261 e. The van der Waals surface area contributed by atoms with Gasteiger partial charge in [-0.2, -0.15) is 0 Å². The third-order valence-electron chi connectivity index (χ3n) is 6.69. The monoisotopic (exact) mass is 464 g/mol. The molecule has 0 bridgehead atoms. The Morgan fingerprint density at radius 3 is 2.59 bits per heavy atom. The molecule has 8 heteroatoms. The molecule has 1 saturated carbocycles. The van der Waals surface area contributed by atoms with Gasteiger partial charge in [0.1, 0.15) is 11.4 Å². The Morgan fingerprint density at radius 1 is 1.15 bits per heavy atom. The number of hydrogen-bond donors (Lipinski definition) is 2. The number of aliphatic hydroxyl groups excluding tert-OH is 1. The van der Waals surface area contributed by atoms with Crippen LogP contribution in [0.5, 0.6) is 0 Å². The lowest BCUT2D eigenvalue weighted by Crippen LogP contribution is -2.47. The number of nitrogens with zero attached hydrogens (tertiary/aromatic N) is 3. The summed E-state index contributed by atoms with van der Waals surface area (Å²) in [5.41, 5.74) is 2.31. The van der Waals surface area contributed by atoms with Gasteiger partial charge >= 0.3 is 0 Å². The maximum Gasteiger partial charge on any atom is 0.261 e. The third-order valence-corrected chi connectivity index (χ3v) is 6.69. The SMILES string of the molecule is Cc1cccc(NC(=O)c2cn(C3CC3)c3cc(N4CCN(CCO)CC4)c(F)cc3c2=O)c1. The summed E-state index contributed by atoms with van der Waals surface area (Å²) >= 11 is 0. The summed E-state index contributed by atoms with van der Waals surface area (Å²) in [7, 11) is 0. The van der Waals surface area contributed by atoms with Crippen molar-refractivity contribution in [3.05, 3.63) is 69.8 Å². The quantitative estimate of drug-likeness (QED) is 0.586.